The number of rotatable bonds is 11. The van der Waals surface area contributed by atoms with E-state index in [1.807, 2.05) is 42.5 Å². The lowest BCUT2D eigenvalue weighted by molar-refractivity contribution is 0.102. The maximum atomic E-state index is 13.0. The number of benzene rings is 3. The highest BCUT2D eigenvalue weighted by Gasteiger charge is 2.16. The van der Waals surface area contributed by atoms with Gasteiger partial charge in [0.25, 0.3) is 5.91 Å². The zero-order chi connectivity index (χ0) is 26.2. The minimum absolute atomic E-state index is 0.238. The fraction of sp³-hybridized carbons (Fsp3) is 0.214. The van der Waals surface area contributed by atoms with Crippen LogP contribution in [0.2, 0.25) is 0 Å². The lowest BCUT2D eigenvalue weighted by Gasteiger charge is -2.12. The Morgan fingerprint density at radius 3 is 2.47 bits per heavy atom. The van der Waals surface area contributed by atoms with Gasteiger partial charge in [0.15, 0.2) is 5.16 Å². The molecule has 0 aliphatic rings. The highest BCUT2D eigenvalue weighted by molar-refractivity contribution is 7.98. The number of hydrogen-bond acceptors (Lipinski definition) is 7. The molecule has 192 valence electrons. The molecule has 0 radical (unpaired) electrons. The van der Waals surface area contributed by atoms with Crippen LogP contribution in [0.1, 0.15) is 47.1 Å². The molecule has 0 bridgehead atoms. The van der Waals surface area contributed by atoms with Crippen molar-refractivity contribution < 1.29 is 4.79 Å². The lowest BCUT2D eigenvalue weighted by Crippen LogP contribution is -2.13. The number of carbonyl (C=O) groups is 1. The topological polar surface area (TPSA) is 114 Å². The first-order chi connectivity index (χ1) is 18.7. The Morgan fingerprint density at radius 2 is 1.71 bits per heavy atom. The Morgan fingerprint density at radius 1 is 0.921 bits per heavy atom. The minimum Gasteiger partial charge on any atom is -0.322 e. The molecule has 0 fully saturated rings. The first-order valence-electron chi connectivity index (χ1n) is 12.5. The second-order valence-corrected chi connectivity index (χ2v) is 9.74. The number of unbranched alkanes of at least 4 members (excludes halogenated alkanes) is 1. The van der Waals surface area contributed by atoms with Gasteiger partial charge >= 0.3 is 0 Å². The summed E-state index contributed by atoms with van der Waals surface area (Å²) < 4.78 is 2.21. The summed E-state index contributed by atoms with van der Waals surface area (Å²) in [7, 11) is 0. The number of anilines is 1. The molecule has 0 unspecified atom stereocenters. The number of nitrogens with one attached hydrogen (secondary N) is 2. The van der Waals surface area contributed by atoms with Crippen LogP contribution in [0.15, 0.2) is 84.0 Å². The van der Waals surface area contributed by atoms with E-state index in [1.165, 1.54) is 5.56 Å². The van der Waals surface area contributed by atoms with Crippen LogP contribution in [0.4, 0.5) is 5.69 Å². The van der Waals surface area contributed by atoms with E-state index in [-0.39, 0.29) is 5.91 Å². The highest BCUT2D eigenvalue weighted by atomic mass is 32.2. The van der Waals surface area contributed by atoms with E-state index >= 15 is 0 Å². The van der Waals surface area contributed by atoms with Crippen LogP contribution >= 0.6 is 11.8 Å². The summed E-state index contributed by atoms with van der Waals surface area (Å²) in [6, 6.07) is 25.4. The van der Waals surface area contributed by atoms with Crippen LogP contribution in [0.25, 0.3) is 11.4 Å². The van der Waals surface area contributed by atoms with Crippen molar-refractivity contribution in [2.75, 3.05) is 5.32 Å². The summed E-state index contributed by atoms with van der Waals surface area (Å²) in [5, 5.41) is 26.9. The molecular weight excluding hydrogens is 496 g/mol. The van der Waals surface area contributed by atoms with E-state index in [4.69, 9.17) is 0 Å². The normalized spacial score (nSPS) is 11.0. The van der Waals surface area contributed by atoms with Crippen molar-refractivity contribution in [3.8, 4) is 11.4 Å². The number of aryl methyl sites for hydroxylation is 1. The first-order valence-corrected chi connectivity index (χ1v) is 13.5. The van der Waals surface area contributed by atoms with E-state index in [0.717, 1.165) is 41.6 Å². The number of thioether (sulfide) groups is 1. The van der Waals surface area contributed by atoms with Crippen LogP contribution in [0.3, 0.4) is 0 Å². The molecule has 0 saturated heterocycles. The van der Waals surface area contributed by atoms with Crippen LogP contribution in [-0.4, -0.2) is 41.3 Å². The quantitative estimate of drug-likeness (QED) is 0.223. The van der Waals surface area contributed by atoms with Gasteiger partial charge in [-0.1, -0.05) is 85.8 Å². The molecule has 38 heavy (non-hydrogen) atoms. The third-order valence-corrected chi connectivity index (χ3v) is 7.11. The van der Waals surface area contributed by atoms with Crippen molar-refractivity contribution in [1.82, 2.24) is 35.4 Å². The molecule has 10 heteroatoms. The smallest absolute Gasteiger partial charge is 0.256 e. The monoisotopic (exact) mass is 524 g/mol. The number of hydrogen-bond donors (Lipinski definition) is 2. The highest BCUT2D eigenvalue weighted by Crippen LogP contribution is 2.25. The molecule has 5 aromatic rings. The number of aromatic amines is 1. The number of nitrogens with zero attached hydrogens (tertiary/aromatic N) is 6. The van der Waals surface area contributed by atoms with Gasteiger partial charge in [0, 0.05) is 23.4 Å². The minimum atomic E-state index is -0.238. The molecule has 2 aromatic heterocycles. The van der Waals surface area contributed by atoms with E-state index in [2.05, 4.69) is 71.9 Å². The largest absolute Gasteiger partial charge is 0.322 e. The Balaban J connectivity index is 1.29. The van der Waals surface area contributed by atoms with E-state index in [0.29, 0.717) is 29.2 Å². The van der Waals surface area contributed by atoms with Crippen molar-refractivity contribution in [3.63, 3.8) is 0 Å². The van der Waals surface area contributed by atoms with Crippen molar-refractivity contribution in [3.05, 3.63) is 101 Å². The zero-order valence-corrected chi connectivity index (χ0v) is 21.9. The summed E-state index contributed by atoms with van der Waals surface area (Å²) in [5.74, 6) is 1.97. The number of aromatic nitrogens is 7. The van der Waals surface area contributed by atoms with Gasteiger partial charge in [-0.05, 0) is 41.0 Å². The van der Waals surface area contributed by atoms with Gasteiger partial charge in [-0.2, -0.15) is 5.21 Å². The molecule has 0 atom stereocenters. The number of tetrazole rings is 1. The van der Waals surface area contributed by atoms with Gasteiger partial charge in [-0.3, -0.25) is 4.79 Å². The van der Waals surface area contributed by atoms with Gasteiger partial charge < -0.3 is 9.88 Å². The second kappa shape index (κ2) is 12.3. The van der Waals surface area contributed by atoms with Crippen molar-refractivity contribution in [1.29, 1.82) is 0 Å². The van der Waals surface area contributed by atoms with Crippen molar-refractivity contribution in [2.45, 2.75) is 43.6 Å². The van der Waals surface area contributed by atoms with E-state index in [1.54, 1.807) is 23.9 Å². The van der Waals surface area contributed by atoms with Gasteiger partial charge in [0.05, 0.1) is 12.1 Å². The van der Waals surface area contributed by atoms with E-state index in [9.17, 15) is 4.79 Å². The summed E-state index contributed by atoms with van der Waals surface area (Å²) in [6.45, 7) is 2.84. The molecule has 0 spiro atoms. The van der Waals surface area contributed by atoms with Crippen LogP contribution in [0.5, 0.6) is 0 Å². The molecule has 0 aliphatic heterocycles. The Bertz CT molecular complexity index is 1470. The fourth-order valence-electron chi connectivity index (χ4n) is 4.05. The van der Waals surface area contributed by atoms with Gasteiger partial charge in [0.1, 0.15) is 5.82 Å². The van der Waals surface area contributed by atoms with Crippen LogP contribution < -0.4 is 5.32 Å². The van der Waals surface area contributed by atoms with Gasteiger partial charge in [-0.15, -0.1) is 20.4 Å². The number of carbonyl (C=O) groups excluding carboxylic acids is 1. The number of H-pyrrole nitrogens is 1. The van der Waals surface area contributed by atoms with Crippen LogP contribution in [-0.2, 0) is 18.7 Å². The maximum Gasteiger partial charge on any atom is 0.256 e. The Hall–Kier alpha value is -4.31. The zero-order valence-electron chi connectivity index (χ0n) is 21.0. The second-order valence-electron chi connectivity index (χ2n) is 8.79. The Kier molecular flexibility index (Phi) is 8.19. The molecule has 3 aromatic carbocycles. The van der Waals surface area contributed by atoms with Gasteiger partial charge in [0.2, 0.25) is 5.82 Å². The fourth-order valence-corrected chi connectivity index (χ4v) is 4.97. The molecule has 0 aliphatic carbocycles. The van der Waals surface area contributed by atoms with Gasteiger partial charge in [-0.25, -0.2) is 0 Å². The summed E-state index contributed by atoms with van der Waals surface area (Å²) in [4.78, 5) is 13.0. The number of amides is 1. The summed E-state index contributed by atoms with van der Waals surface area (Å²) >= 11 is 1.70. The SMILES string of the molecule is CCCCc1nnc(SCc2ccccc2)n1Cc1ccc(NC(=O)c2ccccc2-c2nn[nH]n2)cc1. The molecule has 0 saturated carbocycles. The van der Waals surface area contributed by atoms with Crippen LogP contribution in [0, 0.1) is 0 Å². The summed E-state index contributed by atoms with van der Waals surface area (Å²) in [5.41, 5.74) is 4.15. The Labute approximate surface area is 225 Å². The standard InChI is InChI=1S/C28H28N8OS/c1-2-3-13-25-30-33-28(38-19-21-9-5-4-6-10-21)36(25)18-20-14-16-22(17-15-20)29-27(37)24-12-8-7-11-23(24)26-31-34-35-32-26/h4-12,14-17H,2-3,13,18-19H2,1H3,(H,29,37)(H,31,32,34,35). The molecule has 1 amide bonds. The van der Waals surface area contributed by atoms with Crippen molar-refractivity contribution >= 4 is 23.4 Å². The predicted molar refractivity (Wildman–Crippen MR) is 148 cm³/mol. The molecule has 9 nitrogen and oxygen atoms in total. The third kappa shape index (κ3) is 6.15. The van der Waals surface area contributed by atoms with E-state index < -0.39 is 0 Å². The molecular formula is C28H28N8OS. The third-order valence-electron chi connectivity index (χ3n) is 6.07. The molecule has 2 heterocycles. The lowest BCUT2D eigenvalue weighted by atomic mass is 10.1. The predicted octanol–water partition coefficient (Wildman–Crippen LogP) is 5.39. The molecule has 5 rings (SSSR count). The first kappa shape index (κ1) is 25.3. The average molecular weight is 525 g/mol. The molecule has 2 N–H and O–H groups in total. The average Bonchev–Trinajstić information content (AvgIpc) is 3.63. The maximum absolute atomic E-state index is 13.0. The van der Waals surface area contributed by atoms with Crippen molar-refractivity contribution in [2.24, 2.45) is 0 Å². The summed E-state index contributed by atoms with van der Waals surface area (Å²) in [6.07, 6.45) is 3.06.